The van der Waals surface area contributed by atoms with Gasteiger partial charge in [0, 0.05) is 5.57 Å². The molecule has 0 aromatic heterocycles. The Morgan fingerprint density at radius 3 is 2.58 bits per heavy atom. The van der Waals surface area contributed by atoms with Gasteiger partial charge in [0.2, 0.25) is 5.78 Å². The Bertz CT molecular complexity index is 371. The van der Waals surface area contributed by atoms with Crippen LogP contribution in [0.5, 0.6) is 0 Å². The maximum Gasteiger partial charge on any atom is 0.291 e. The van der Waals surface area contributed by atoms with E-state index in [0.717, 1.165) is 0 Å². The van der Waals surface area contributed by atoms with Crippen LogP contribution in [0.3, 0.4) is 0 Å². The zero-order valence-electron chi connectivity index (χ0n) is 6.16. The smallest absolute Gasteiger partial charge is 0.291 e. The first kappa shape index (κ1) is 8.14. The second-order valence-corrected chi connectivity index (χ2v) is 2.18. The number of hydrogen-bond acceptors (Lipinski definition) is 3. The summed E-state index contributed by atoms with van der Waals surface area (Å²) in [6.07, 6.45) is 0. The SMILES string of the molecule is CC1=C(C#N)C(=O)N=C(O)C1=O. The van der Waals surface area contributed by atoms with Crippen LogP contribution in [0.25, 0.3) is 0 Å². The molecule has 5 nitrogen and oxygen atoms in total. The van der Waals surface area contributed by atoms with Crippen LogP contribution in [0, 0.1) is 11.3 Å². The van der Waals surface area contributed by atoms with E-state index in [9.17, 15) is 9.59 Å². The molecule has 0 fully saturated rings. The molecule has 1 N–H and O–H groups in total. The average molecular weight is 164 g/mol. The van der Waals surface area contributed by atoms with Crippen molar-refractivity contribution in [1.82, 2.24) is 0 Å². The quantitative estimate of drug-likeness (QED) is 0.540. The van der Waals surface area contributed by atoms with Gasteiger partial charge in [-0.25, -0.2) is 0 Å². The number of aliphatic imine (C=N–C) groups is 1. The van der Waals surface area contributed by atoms with Gasteiger partial charge in [-0.3, -0.25) is 9.59 Å². The van der Waals surface area contributed by atoms with Crippen LogP contribution in [-0.2, 0) is 9.59 Å². The highest BCUT2D eigenvalue weighted by molar-refractivity contribution is 6.46. The molecule has 1 aliphatic rings. The third-order valence-electron chi connectivity index (χ3n) is 1.45. The molecule has 0 spiro atoms. The molecule has 0 saturated carbocycles. The van der Waals surface area contributed by atoms with E-state index in [1.54, 1.807) is 6.07 Å². The van der Waals surface area contributed by atoms with E-state index >= 15 is 0 Å². The second-order valence-electron chi connectivity index (χ2n) is 2.18. The largest absolute Gasteiger partial charge is 0.490 e. The van der Waals surface area contributed by atoms with Gasteiger partial charge < -0.3 is 5.11 Å². The van der Waals surface area contributed by atoms with Gasteiger partial charge in [-0.1, -0.05) is 0 Å². The van der Waals surface area contributed by atoms with E-state index in [0.29, 0.717) is 0 Å². The normalized spacial score (nSPS) is 17.5. The molecule has 5 heteroatoms. The van der Waals surface area contributed by atoms with Crippen LogP contribution in [0.4, 0.5) is 0 Å². The van der Waals surface area contributed by atoms with Gasteiger partial charge in [0.1, 0.15) is 11.6 Å². The van der Waals surface area contributed by atoms with Crippen molar-refractivity contribution in [2.45, 2.75) is 6.92 Å². The zero-order valence-corrected chi connectivity index (χ0v) is 6.16. The van der Waals surface area contributed by atoms with Crippen molar-refractivity contribution in [3.8, 4) is 6.07 Å². The van der Waals surface area contributed by atoms with Crippen LogP contribution >= 0.6 is 0 Å². The second kappa shape index (κ2) is 2.58. The fourth-order valence-electron chi connectivity index (χ4n) is 0.776. The van der Waals surface area contributed by atoms with Crippen molar-refractivity contribution >= 4 is 17.6 Å². The molecule has 1 aliphatic heterocycles. The Balaban J connectivity index is 3.28. The predicted molar refractivity (Wildman–Crippen MR) is 38.4 cm³/mol. The number of amides is 1. The predicted octanol–water partition coefficient (Wildman–Crippen LogP) is -0.108. The summed E-state index contributed by atoms with van der Waals surface area (Å²) >= 11 is 0. The summed E-state index contributed by atoms with van der Waals surface area (Å²) in [5, 5.41) is 17.2. The summed E-state index contributed by atoms with van der Waals surface area (Å²) in [5.74, 6) is -2.49. The highest BCUT2D eigenvalue weighted by atomic mass is 16.3. The van der Waals surface area contributed by atoms with Crippen molar-refractivity contribution in [1.29, 1.82) is 5.26 Å². The van der Waals surface area contributed by atoms with E-state index in [4.69, 9.17) is 10.4 Å². The molecule has 0 aliphatic carbocycles. The molecule has 0 radical (unpaired) electrons. The molecule has 1 amide bonds. The van der Waals surface area contributed by atoms with Gasteiger partial charge in [0.05, 0.1) is 0 Å². The van der Waals surface area contributed by atoms with Gasteiger partial charge in [-0.2, -0.15) is 10.3 Å². The van der Waals surface area contributed by atoms with Crippen molar-refractivity contribution in [3.05, 3.63) is 11.1 Å². The van der Waals surface area contributed by atoms with Gasteiger partial charge in [0.25, 0.3) is 11.8 Å². The lowest BCUT2D eigenvalue weighted by molar-refractivity contribution is -0.116. The molecule has 12 heavy (non-hydrogen) atoms. The Labute approximate surface area is 67.6 Å². The number of carbonyl (C=O) groups is 2. The van der Waals surface area contributed by atoms with Crippen LogP contribution in [0.15, 0.2) is 16.1 Å². The lowest BCUT2D eigenvalue weighted by Gasteiger charge is -2.05. The molecular weight excluding hydrogens is 160 g/mol. The molecule has 0 saturated heterocycles. The number of hydrogen-bond donors (Lipinski definition) is 1. The van der Waals surface area contributed by atoms with Gasteiger partial charge in [-0.15, -0.1) is 0 Å². The van der Waals surface area contributed by atoms with Crippen molar-refractivity contribution in [2.24, 2.45) is 4.99 Å². The Morgan fingerprint density at radius 2 is 2.08 bits per heavy atom. The fraction of sp³-hybridized carbons (Fsp3) is 0.143. The van der Waals surface area contributed by atoms with Crippen LogP contribution in [-0.4, -0.2) is 22.7 Å². The molecule has 1 rings (SSSR count). The van der Waals surface area contributed by atoms with E-state index in [-0.39, 0.29) is 11.1 Å². The number of nitrogens with zero attached hydrogens (tertiary/aromatic N) is 2. The topological polar surface area (TPSA) is 90.5 Å². The number of nitriles is 1. The highest BCUT2D eigenvalue weighted by Crippen LogP contribution is 2.11. The summed E-state index contributed by atoms with van der Waals surface area (Å²) in [6, 6.07) is 1.55. The molecule has 0 atom stereocenters. The van der Waals surface area contributed by atoms with Crippen molar-refractivity contribution in [3.63, 3.8) is 0 Å². The summed E-state index contributed by atoms with van der Waals surface area (Å²) in [7, 11) is 0. The Kier molecular flexibility index (Phi) is 1.75. The van der Waals surface area contributed by atoms with Crippen molar-refractivity contribution < 1.29 is 14.7 Å². The van der Waals surface area contributed by atoms with E-state index in [2.05, 4.69) is 4.99 Å². The first-order chi connectivity index (χ1) is 5.57. The summed E-state index contributed by atoms with van der Waals surface area (Å²) in [5.41, 5.74) is -0.368. The number of Topliss-reactive ketones (excluding diaryl/α,β-unsaturated/α-hetero) is 1. The number of ketones is 1. The molecule has 60 valence electrons. The maximum atomic E-state index is 10.9. The van der Waals surface area contributed by atoms with E-state index < -0.39 is 17.6 Å². The van der Waals surface area contributed by atoms with E-state index in [1.165, 1.54) is 6.92 Å². The van der Waals surface area contributed by atoms with Crippen molar-refractivity contribution in [2.75, 3.05) is 0 Å². The fourth-order valence-corrected chi connectivity index (χ4v) is 0.776. The molecule has 1 heterocycles. The maximum absolute atomic E-state index is 10.9. The first-order valence-electron chi connectivity index (χ1n) is 3.05. The zero-order chi connectivity index (χ0) is 9.30. The molecule has 0 bridgehead atoms. The average Bonchev–Trinajstić information content (AvgIpc) is 2.01. The lowest BCUT2D eigenvalue weighted by Crippen LogP contribution is -2.23. The minimum absolute atomic E-state index is 0.0602. The molecular formula is C7H4N2O3. The third kappa shape index (κ3) is 0.992. The van der Waals surface area contributed by atoms with Gasteiger partial charge >= 0.3 is 0 Å². The molecule has 0 unspecified atom stereocenters. The van der Waals surface area contributed by atoms with Crippen LogP contribution < -0.4 is 0 Å². The monoisotopic (exact) mass is 164 g/mol. The van der Waals surface area contributed by atoms with E-state index in [1.807, 2.05) is 0 Å². The molecule has 0 aromatic carbocycles. The van der Waals surface area contributed by atoms with Crippen LogP contribution in [0.1, 0.15) is 6.92 Å². The number of carbonyl (C=O) groups excluding carboxylic acids is 2. The molecule has 0 aromatic rings. The highest BCUT2D eigenvalue weighted by Gasteiger charge is 2.26. The Hall–Kier alpha value is -1.96. The summed E-state index contributed by atoms with van der Waals surface area (Å²) in [4.78, 5) is 24.7. The third-order valence-corrected chi connectivity index (χ3v) is 1.45. The number of rotatable bonds is 0. The first-order valence-corrected chi connectivity index (χ1v) is 3.05. The number of aliphatic hydroxyl groups excluding tert-OH is 1. The standard InChI is InChI=1S/C7H4N2O3/c1-3-4(2-8)6(11)9-7(12)5(3)10/h1H3,(H,9,11,12). The van der Waals surface area contributed by atoms with Gasteiger partial charge in [0.15, 0.2) is 0 Å². The minimum atomic E-state index is -0.868. The summed E-state index contributed by atoms with van der Waals surface area (Å²) < 4.78 is 0. The van der Waals surface area contributed by atoms with Crippen LogP contribution in [0.2, 0.25) is 0 Å². The lowest BCUT2D eigenvalue weighted by atomic mass is 10.0. The number of aliphatic hydroxyl groups is 1. The van der Waals surface area contributed by atoms with Gasteiger partial charge in [-0.05, 0) is 6.92 Å². The Morgan fingerprint density at radius 1 is 1.50 bits per heavy atom. The number of dihydropyridines is 1. The minimum Gasteiger partial charge on any atom is -0.490 e. The summed E-state index contributed by atoms with van der Waals surface area (Å²) in [6.45, 7) is 1.30.